The Hall–Kier alpha value is -1.09. The molecule has 1 heterocycles. The molecule has 7 heteroatoms. The number of rotatable bonds is 8. The maximum atomic E-state index is 12.8. The largest absolute Gasteiger partial charge is 0.494 e. The van der Waals surface area contributed by atoms with Crippen molar-refractivity contribution in [2.75, 3.05) is 32.8 Å². The van der Waals surface area contributed by atoms with Crippen LogP contribution in [0.15, 0.2) is 29.3 Å². The first kappa shape index (κ1) is 21.0. The van der Waals surface area contributed by atoms with Crippen molar-refractivity contribution >= 4 is 29.9 Å². The molecule has 24 heavy (non-hydrogen) atoms. The van der Waals surface area contributed by atoms with E-state index in [9.17, 15) is 4.39 Å². The number of ether oxygens (including phenoxy) is 2. The molecule has 0 aliphatic carbocycles. The lowest BCUT2D eigenvalue weighted by molar-refractivity contribution is 0.117. The quantitative estimate of drug-likeness (QED) is 0.276. The van der Waals surface area contributed by atoms with Crippen molar-refractivity contribution in [3.8, 4) is 5.75 Å². The first-order valence-corrected chi connectivity index (χ1v) is 8.30. The summed E-state index contributed by atoms with van der Waals surface area (Å²) >= 11 is 0. The third-order valence-electron chi connectivity index (χ3n) is 3.52. The monoisotopic (exact) mass is 451 g/mol. The van der Waals surface area contributed by atoms with Gasteiger partial charge in [0.05, 0.1) is 19.3 Å². The molecular formula is C17H27FIN3O2. The molecular weight excluding hydrogens is 424 g/mol. The Kier molecular flexibility index (Phi) is 10.7. The highest BCUT2D eigenvalue weighted by Crippen LogP contribution is 2.12. The van der Waals surface area contributed by atoms with Gasteiger partial charge in [0, 0.05) is 19.7 Å². The first-order valence-electron chi connectivity index (χ1n) is 8.30. The Morgan fingerprint density at radius 1 is 1.33 bits per heavy atom. The summed E-state index contributed by atoms with van der Waals surface area (Å²) < 4.78 is 23.9. The number of nitrogens with zero attached hydrogens (tertiary/aromatic N) is 1. The highest BCUT2D eigenvalue weighted by molar-refractivity contribution is 14.0. The van der Waals surface area contributed by atoms with Gasteiger partial charge in [0.25, 0.3) is 0 Å². The molecule has 1 unspecified atom stereocenters. The van der Waals surface area contributed by atoms with E-state index in [1.54, 1.807) is 12.1 Å². The number of nitrogens with one attached hydrogen (secondary N) is 2. The molecule has 2 rings (SSSR count). The highest BCUT2D eigenvalue weighted by atomic mass is 127. The summed E-state index contributed by atoms with van der Waals surface area (Å²) in [6.07, 6.45) is 3.31. The van der Waals surface area contributed by atoms with Gasteiger partial charge in [-0.25, -0.2) is 4.39 Å². The van der Waals surface area contributed by atoms with Crippen LogP contribution in [0.2, 0.25) is 0 Å². The second-order valence-corrected chi connectivity index (χ2v) is 5.44. The molecule has 5 nitrogen and oxygen atoms in total. The molecule has 0 aromatic heterocycles. The number of hydrogen-bond donors (Lipinski definition) is 2. The van der Waals surface area contributed by atoms with E-state index in [4.69, 9.17) is 9.47 Å². The average Bonchev–Trinajstić information content (AvgIpc) is 3.07. The van der Waals surface area contributed by atoms with E-state index in [0.717, 1.165) is 44.9 Å². The maximum Gasteiger partial charge on any atom is 0.191 e. The van der Waals surface area contributed by atoms with Crippen LogP contribution in [0, 0.1) is 5.82 Å². The standard InChI is InChI=1S/C17H26FN3O2.HI/c1-2-19-17(21-13-16-5-3-11-23-16)20-10-4-12-22-15-8-6-14(18)7-9-15;/h6-9,16H,2-5,10-13H2,1H3,(H2,19,20,21);1H. The molecule has 1 aliphatic rings. The zero-order valence-corrected chi connectivity index (χ0v) is 16.4. The van der Waals surface area contributed by atoms with Crippen LogP contribution in [0.1, 0.15) is 26.2 Å². The minimum atomic E-state index is -0.253. The van der Waals surface area contributed by atoms with Gasteiger partial charge >= 0.3 is 0 Å². The van der Waals surface area contributed by atoms with Crippen LogP contribution in [-0.4, -0.2) is 44.9 Å². The lowest BCUT2D eigenvalue weighted by Crippen LogP contribution is -2.38. The van der Waals surface area contributed by atoms with Gasteiger partial charge in [-0.15, -0.1) is 24.0 Å². The molecule has 1 fully saturated rings. The van der Waals surface area contributed by atoms with E-state index in [1.165, 1.54) is 12.1 Å². The second-order valence-electron chi connectivity index (χ2n) is 5.44. The summed E-state index contributed by atoms with van der Waals surface area (Å²) in [5.41, 5.74) is 0. The fraction of sp³-hybridized carbons (Fsp3) is 0.588. The molecule has 0 amide bonds. The SMILES string of the molecule is CCNC(=NCC1CCCO1)NCCCOc1ccc(F)cc1.I. The van der Waals surface area contributed by atoms with Gasteiger partial charge < -0.3 is 20.1 Å². The van der Waals surface area contributed by atoms with Gasteiger partial charge in [0.2, 0.25) is 0 Å². The highest BCUT2D eigenvalue weighted by Gasteiger charge is 2.14. The van der Waals surface area contributed by atoms with E-state index < -0.39 is 0 Å². The van der Waals surface area contributed by atoms with Crippen molar-refractivity contribution in [1.29, 1.82) is 0 Å². The zero-order valence-electron chi connectivity index (χ0n) is 14.1. The molecule has 0 spiro atoms. The van der Waals surface area contributed by atoms with E-state index in [-0.39, 0.29) is 35.9 Å². The zero-order chi connectivity index (χ0) is 16.3. The van der Waals surface area contributed by atoms with Crippen LogP contribution in [0.3, 0.4) is 0 Å². The summed E-state index contributed by atoms with van der Waals surface area (Å²) in [4.78, 5) is 4.55. The van der Waals surface area contributed by atoms with Crippen molar-refractivity contribution in [1.82, 2.24) is 10.6 Å². The Morgan fingerprint density at radius 3 is 2.79 bits per heavy atom. The van der Waals surface area contributed by atoms with Crippen molar-refractivity contribution in [3.05, 3.63) is 30.1 Å². The number of aliphatic imine (C=N–C) groups is 1. The number of guanidine groups is 1. The maximum absolute atomic E-state index is 12.8. The fourth-order valence-electron chi connectivity index (χ4n) is 2.32. The third-order valence-corrected chi connectivity index (χ3v) is 3.52. The Morgan fingerprint density at radius 2 is 2.12 bits per heavy atom. The van der Waals surface area contributed by atoms with Crippen molar-refractivity contribution < 1.29 is 13.9 Å². The van der Waals surface area contributed by atoms with Crippen LogP contribution < -0.4 is 15.4 Å². The molecule has 0 saturated carbocycles. The molecule has 1 saturated heterocycles. The van der Waals surface area contributed by atoms with Crippen LogP contribution in [0.25, 0.3) is 0 Å². The van der Waals surface area contributed by atoms with Crippen LogP contribution in [0.4, 0.5) is 4.39 Å². The normalized spacial score (nSPS) is 17.2. The Labute approximate surface area is 160 Å². The Balaban J connectivity index is 0.00000288. The van der Waals surface area contributed by atoms with E-state index in [1.807, 2.05) is 6.92 Å². The summed E-state index contributed by atoms with van der Waals surface area (Å²) in [7, 11) is 0. The van der Waals surface area contributed by atoms with Crippen LogP contribution in [-0.2, 0) is 4.74 Å². The van der Waals surface area contributed by atoms with Gasteiger partial charge in [0.1, 0.15) is 11.6 Å². The minimum absolute atomic E-state index is 0. The van der Waals surface area contributed by atoms with Gasteiger partial charge in [-0.05, 0) is 50.5 Å². The fourth-order valence-corrected chi connectivity index (χ4v) is 2.32. The molecule has 2 N–H and O–H groups in total. The third kappa shape index (κ3) is 8.14. The molecule has 0 radical (unpaired) electrons. The predicted molar refractivity (Wildman–Crippen MR) is 105 cm³/mol. The molecule has 1 aromatic carbocycles. The van der Waals surface area contributed by atoms with E-state index in [0.29, 0.717) is 18.9 Å². The first-order chi connectivity index (χ1) is 11.3. The van der Waals surface area contributed by atoms with E-state index >= 15 is 0 Å². The predicted octanol–water partition coefficient (Wildman–Crippen LogP) is 2.95. The minimum Gasteiger partial charge on any atom is -0.494 e. The number of hydrogen-bond acceptors (Lipinski definition) is 3. The lowest BCUT2D eigenvalue weighted by Gasteiger charge is -2.13. The van der Waals surface area contributed by atoms with Crippen molar-refractivity contribution in [3.63, 3.8) is 0 Å². The van der Waals surface area contributed by atoms with Crippen LogP contribution >= 0.6 is 24.0 Å². The van der Waals surface area contributed by atoms with Gasteiger partial charge in [-0.3, -0.25) is 4.99 Å². The van der Waals surface area contributed by atoms with E-state index in [2.05, 4.69) is 15.6 Å². The Bertz CT molecular complexity index is 479. The summed E-state index contributed by atoms with van der Waals surface area (Å²) in [6.45, 7) is 5.75. The molecule has 0 bridgehead atoms. The molecule has 1 aromatic rings. The molecule has 1 aliphatic heterocycles. The number of halogens is 2. The smallest absolute Gasteiger partial charge is 0.191 e. The summed E-state index contributed by atoms with van der Waals surface area (Å²) in [5, 5.41) is 6.51. The molecule has 1 atom stereocenters. The van der Waals surface area contributed by atoms with Gasteiger partial charge in [-0.2, -0.15) is 0 Å². The van der Waals surface area contributed by atoms with Gasteiger partial charge in [0.15, 0.2) is 5.96 Å². The lowest BCUT2D eigenvalue weighted by atomic mass is 10.2. The van der Waals surface area contributed by atoms with Crippen LogP contribution in [0.5, 0.6) is 5.75 Å². The topological polar surface area (TPSA) is 54.9 Å². The summed E-state index contributed by atoms with van der Waals surface area (Å²) in [6, 6.07) is 6.06. The second kappa shape index (κ2) is 12.3. The summed E-state index contributed by atoms with van der Waals surface area (Å²) in [5.74, 6) is 1.24. The molecule has 136 valence electrons. The van der Waals surface area contributed by atoms with Crippen molar-refractivity contribution in [2.24, 2.45) is 4.99 Å². The number of benzene rings is 1. The van der Waals surface area contributed by atoms with Crippen molar-refractivity contribution in [2.45, 2.75) is 32.3 Å². The van der Waals surface area contributed by atoms with Gasteiger partial charge in [-0.1, -0.05) is 0 Å². The average molecular weight is 451 g/mol.